The average molecular weight is 404 g/mol. The monoisotopic (exact) mass is 403 g/mol. The lowest BCUT2D eigenvalue weighted by molar-refractivity contribution is -0.137. The maximum atomic E-state index is 14.1. The maximum absolute atomic E-state index is 14.1. The van der Waals surface area contributed by atoms with Crippen LogP contribution in [0.5, 0.6) is 11.5 Å². The van der Waals surface area contributed by atoms with Crippen LogP contribution in [0, 0.1) is 5.82 Å². The molecule has 3 aromatic rings. The van der Waals surface area contributed by atoms with Crippen molar-refractivity contribution < 1.29 is 27.4 Å². The van der Waals surface area contributed by atoms with Gasteiger partial charge in [0.15, 0.2) is 11.6 Å². The largest absolute Gasteiger partial charge is 0.453 e. The van der Waals surface area contributed by atoms with E-state index in [0.29, 0.717) is 23.2 Å². The number of aromatic nitrogens is 3. The molecule has 0 aliphatic rings. The number of alkyl halides is 3. The topological polar surface area (TPSA) is 60.2 Å². The average Bonchev–Trinajstić information content (AvgIpc) is 3.01. The molecule has 1 aromatic heterocycles. The highest BCUT2D eigenvalue weighted by Crippen LogP contribution is 2.39. The Morgan fingerprint density at radius 3 is 2.48 bits per heavy atom. The summed E-state index contributed by atoms with van der Waals surface area (Å²) < 4.78 is 59.2. The van der Waals surface area contributed by atoms with Crippen LogP contribution in [0.2, 0.25) is 5.02 Å². The van der Waals surface area contributed by atoms with Crippen molar-refractivity contribution in [2.24, 2.45) is 0 Å². The van der Waals surface area contributed by atoms with E-state index in [1.165, 1.54) is 16.8 Å². The summed E-state index contributed by atoms with van der Waals surface area (Å²) in [5.74, 6) is -1.64. The van der Waals surface area contributed by atoms with Crippen molar-refractivity contribution in [1.29, 1.82) is 0 Å². The van der Waals surface area contributed by atoms with Crippen LogP contribution in [0.25, 0.3) is 11.0 Å². The first-order valence-electron chi connectivity index (χ1n) is 7.74. The van der Waals surface area contributed by atoms with Gasteiger partial charge in [0.1, 0.15) is 11.3 Å². The summed E-state index contributed by atoms with van der Waals surface area (Å²) in [5.41, 5.74) is -0.970. The first-order valence-corrected chi connectivity index (χ1v) is 8.11. The van der Waals surface area contributed by atoms with Crippen LogP contribution < -0.4 is 4.74 Å². The van der Waals surface area contributed by atoms with Gasteiger partial charge in [-0.2, -0.15) is 13.2 Å². The molecule has 0 bridgehead atoms. The molecule has 3 rings (SSSR count). The van der Waals surface area contributed by atoms with Crippen molar-refractivity contribution in [2.45, 2.75) is 25.6 Å². The minimum atomic E-state index is -4.73. The molecule has 144 valence electrons. The van der Waals surface area contributed by atoms with Crippen molar-refractivity contribution in [2.75, 3.05) is 6.61 Å². The SMILES string of the molecule is CC(C)(CO)n1nnc2ccc(Oc3c(F)cc(C(F)(F)F)cc3Cl)cc21. The standard InChI is InChI=1S/C17H14ClF4N3O2/c1-16(2,8-26)25-14-7-10(3-4-13(14)23-24-25)27-15-11(18)5-9(6-12(15)19)17(20,21)22/h3-7,26H,8H2,1-2H3. The number of nitrogens with zero attached hydrogens (tertiary/aromatic N) is 3. The van der Waals surface area contributed by atoms with Gasteiger partial charge in [0.2, 0.25) is 0 Å². The Morgan fingerprint density at radius 2 is 1.89 bits per heavy atom. The van der Waals surface area contributed by atoms with Crippen LogP contribution in [0.1, 0.15) is 19.4 Å². The molecule has 27 heavy (non-hydrogen) atoms. The van der Waals surface area contributed by atoms with Crippen LogP contribution in [0.4, 0.5) is 17.6 Å². The molecule has 1 heterocycles. The number of rotatable bonds is 4. The summed E-state index contributed by atoms with van der Waals surface area (Å²) in [7, 11) is 0. The fraction of sp³-hybridized carbons (Fsp3) is 0.294. The number of benzene rings is 2. The lowest BCUT2D eigenvalue weighted by Crippen LogP contribution is -2.31. The van der Waals surface area contributed by atoms with Crippen molar-refractivity contribution in [1.82, 2.24) is 15.0 Å². The van der Waals surface area contributed by atoms with E-state index in [9.17, 15) is 22.7 Å². The third kappa shape index (κ3) is 3.70. The van der Waals surface area contributed by atoms with Gasteiger partial charge in [-0.1, -0.05) is 16.8 Å². The number of aliphatic hydroxyl groups excluding tert-OH is 1. The molecular formula is C17H14ClF4N3O2. The maximum Gasteiger partial charge on any atom is 0.416 e. The highest BCUT2D eigenvalue weighted by atomic mass is 35.5. The van der Waals surface area contributed by atoms with E-state index in [1.54, 1.807) is 19.9 Å². The van der Waals surface area contributed by atoms with Gasteiger partial charge in [-0.25, -0.2) is 9.07 Å². The zero-order valence-corrected chi connectivity index (χ0v) is 14.9. The molecule has 5 nitrogen and oxygen atoms in total. The molecule has 0 fully saturated rings. The van der Waals surface area contributed by atoms with E-state index in [0.717, 1.165) is 0 Å². The third-order valence-corrected chi connectivity index (χ3v) is 4.20. The van der Waals surface area contributed by atoms with Gasteiger partial charge in [-0.05, 0) is 38.1 Å². The summed E-state index contributed by atoms with van der Waals surface area (Å²) in [5, 5.41) is 17.0. The first-order chi connectivity index (χ1) is 12.5. The van der Waals surface area contributed by atoms with Crippen molar-refractivity contribution in [3.05, 3.63) is 46.7 Å². The predicted octanol–water partition coefficient (Wildman–Crippen LogP) is 4.76. The molecule has 0 aliphatic heterocycles. The van der Waals surface area contributed by atoms with Gasteiger partial charge < -0.3 is 9.84 Å². The van der Waals surface area contributed by atoms with E-state index in [-0.39, 0.29) is 12.4 Å². The zero-order chi connectivity index (χ0) is 20.0. The molecule has 0 atom stereocenters. The second kappa shape index (κ2) is 6.65. The predicted molar refractivity (Wildman–Crippen MR) is 90.4 cm³/mol. The molecule has 0 saturated heterocycles. The smallest absolute Gasteiger partial charge is 0.416 e. The van der Waals surface area contributed by atoms with Gasteiger partial charge in [0, 0.05) is 6.07 Å². The molecule has 2 aromatic carbocycles. The highest BCUT2D eigenvalue weighted by Gasteiger charge is 2.32. The summed E-state index contributed by atoms with van der Waals surface area (Å²) in [6, 6.07) is 5.41. The Balaban J connectivity index is 2.01. The summed E-state index contributed by atoms with van der Waals surface area (Å²) in [6.45, 7) is 3.26. The molecule has 0 spiro atoms. The Kier molecular flexibility index (Phi) is 4.77. The molecule has 0 aliphatic carbocycles. The molecule has 0 unspecified atom stereocenters. The van der Waals surface area contributed by atoms with E-state index in [1.807, 2.05) is 0 Å². The van der Waals surface area contributed by atoms with Crippen molar-refractivity contribution in [3.8, 4) is 11.5 Å². The summed E-state index contributed by atoms with van der Waals surface area (Å²) >= 11 is 5.79. The van der Waals surface area contributed by atoms with Crippen molar-refractivity contribution >= 4 is 22.6 Å². The fourth-order valence-corrected chi connectivity index (χ4v) is 2.66. The van der Waals surface area contributed by atoms with Gasteiger partial charge in [-0.15, -0.1) is 5.10 Å². The number of hydrogen-bond donors (Lipinski definition) is 1. The Hall–Kier alpha value is -2.39. The third-order valence-electron chi connectivity index (χ3n) is 3.92. The molecule has 0 radical (unpaired) electrons. The van der Waals surface area contributed by atoms with Crippen LogP contribution in [-0.4, -0.2) is 26.7 Å². The Bertz CT molecular complexity index is 978. The van der Waals surface area contributed by atoms with Crippen molar-refractivity contribution in [3.63, 3.8) is 0 Å². The second-order valence-corrected chi connectivity index (χ2v) is 6.90. The highest BCUT2D eigenvalue weighted by molar-refractivity contribution is 6.32. The van der Waals surface area contributed by atoms with Gasteiger partial charge in [-0.3, -0.25) is 0 Å². The normalized spacial score (nSPS) is 12.6. The van der Waals surface area contributed by atoms with Gasteiger partial charge in [0.05, 0.1) is 28.2 Å². The number of hydrogen-bond acceptors (Lipinski definition) is 4. The van der Waals surface area contributed by atoms with Crippen LogP contribution in [-0.2, 0) is 11.7 Å². The number of aliphatic hydroxyl groups is 1. The lowest BCUT2D eigenvalue weighted by atomic mass is 10.1. The number of fused-ring (bicyclic) bond motifs is 1. The van der Waals surface area contributed by atoms with E-state index in [2.05, 4.69) is 10.3 Å². The summed E-state index contributed by atoms with van der Waals surface area (Å²) in [4.78, 5) is 0. The molecular weight excluding hydrogens is 390 g/mol. The van der Waals surface area contributed by atoms with Crippen LogP contribution in [0.15, 0.2) is 30.3 Å². The quantitative estimate of drug-likeness (QED) is 0.638. The zero-order valence-electron chi connectivity index (χ0n) is 14.2. The van der Waals surface area contributed by atoms with Gasteiger partial charge in [0.25, 0.3) is 0 Å². The first kappa shape index (κ1) is 19.4. The number of ether oxygens (including phenoxy) is 1. The minimum Gasteiger partial charge on any atom is -0.453 e. The summed E-state index contributed by atoms with van der Waals surface area (Å²) in [6.07, 6.45) is -4.73. The fourth-order valence-electron chi connectivity index (χ4n) is 2.42. The Morgan fingerprint density at radius 1 is 1.19 bits per heavy atom. The van der Waals surface area contributed by atoms with E-state index in [4.69, 9.17) is 16.3 Å². The number of halogens is 5. The lowest BCUT2D eigenvalue weighted by Gasteiger charge is -2.22. The van der Waals surface area contributed by atoms with Gasteiger partial charge >= 0.3 is 6.18 Å². The molecule has 0 saturated carbocycles. The van der Waals surface area contributed by atoms with E-state index < -0.39 is 33.9 Å². The van der Waals surface area contributed by atoms with Crippen LogP contribution in [0.3, 0.4) is 0 Å². The van der Waals surface area contributed by atoms with E-state index >= 15 is 0 Å². The Labute approximate surface area is 156 Å². The minimum absolute atomic E-state index is 0.125. The molecule has 10 heteroatoms. The molecule has 1 N–H and O–H groups in total. The van der Waals surface area contributed by atoms with Crippen LogP contribution >= 0.6 is 11.6 Å². The second-order valence-electron chi connectivity index (χ2n) is 6.49. The molecule has 0 amide bonds.